The fourth-order valence-corrected chi connectivity index (χ4v) is 3.12. The van der Waals surface area contributed by atoms with Crippen molar-refractivity contribution in [3.05, 3.63) is 45.6 Å². The van der Waals surface area contributed by atoms with Crippen molar-refractivity contribution in [1.82, 2.24) is 10.4 Å². The van der Waals surface area contributed by atoms with Crippen molar-refractivity contribution >= 4 is 21.7 Å². The number of nitrogens with zero attached hydrogens (tertiary/aromatic N) is 1. The van der Waals surface area contributed by atoms with E-state index in [-0.39, 0.29) is 11.8 Å². The van der Waals surface area contributed by atoms with Gasteiger partial charge in [0, 0.05) is 22.3 Å². The molecular weight excluding hydrogens is 328 g/mol. The van der Waals surface area contributed by atoms with Gasteiger partial charge in [-0.1, -0.05) is 41.4 Å². The lowest BCUT2D eigenvalue weighted by Crippen LogP contribution is -2.41. The molecule has 1 N–H and O–H groups in total. The molecule has 0 saturated carbocycles. The van der Waals surface area contributed by atoms with Crippen LogP contribution in [0.15, 0.2) is 40.0 Å². The average Bonchev–Trinajstić information content (AvgIpc) is 2.75. The molecule has 2 rings (SSSR count). The third kappa shape index (κ3) is 3.95. The molecule has 21 heavy (non-hydrogen) atoms. The van der Waals surface area contributed by atoms with Gasteiger partial charge in [-0.15, -0.1) is 0 Å². The van der Waals surface area contributed by atoms with Gasteiger partial charge in [-0.3, -0.25) is 4.79 Å². The molecule has 1 heterocycles. The first kappa shape index (κ1) is 16.2. The SMILES string of the molecule is CCCCN1NC(C)=C(C(C)=O)C1Cc1ccc(Br)cc1. The number of ketones is 1. The summed E-state index contributed by atoms with van der Waals surface area (Å²) in [7, 11) is 0. The van der Waals surface area contributed by atoms with Crippen LogP contribution in [0.5, 0.6) is 0 Å². The van der Waals surface area contributed by atoms with E-state index < -0.39 is 0 Å². The van der Waals surface area contributed by atoms with Gasteiger partial charge in [0.15, 0.2) is 5.78 Å². The molecule has 114 valence electrons. The number of hydrogen-bond acceptors (Lipinski definition) is 3. The van der Waals surface area contributed by atoms with Crippen molar-refractivity contribution < 1.29 is 4.79 Å². The van der Waals surface area contributed by atoms with E-state index in [2.05, 4.69) is 57.6 Å². The molecule has 0 bridgehead atoms. The Morgan fingerprint density at radius 2 is 2.00 bits per heavy atom. The van der Waals surface area contributed by atoms with Crippen LogP contribution in [0.2, 0.25) is 0 Å². The molecule has 0 radical (unpaired) electrons. The van der Waals surface area contributed by atoms with E-state index in [0.29, 0.717) is 0 Å². The molecule has 1 aromatic rings. The molecule has 1 aromatic carbocycles. The smallest absolute Gasteiger partial charge is 0.159 e. The summed E-state index contributed by atoms with van der Waals surface area (Å²) in [4.78, 5) is 12.0. The van der Waals surface area contributed by atoms with Crippen molar-refractivity contribution in [3.63, 3.8) is 0 Å². The van der Waals surface area contributed by atoms with Gasteiger partial charge in [-0.25, -0.2) is 5.01 Å². The summed E-state index contributed by atoms with van der Waals surface area (Å²) in [5, 5.41) is 2.22. The number of Topliss-reactive ketones (excluding diaryl/α,β-unsaturated/α-hetero) is 1. The van der Waals surface area contributed by atoms with Gasteiger partial charge in [-0.05, 0) is 44.4 Å². The van der Waals surface area contributed by atoms with Gasteiger partial charge in [0.1, 0.15) is 0 Å². The third-order valence-electron chi connectivity index (χ3n) is 3.90. The fraction of sp³-hybridized carbons (Fsp3) is 0.471. The summed E-state index contributed by atoms with van der Waals surface area (Å²) < 4.78 is 1.08. The first-order valence-electron chi connectivity index (χ1n) is 7.52. The monoisotopic (exact) mass is 350 g/mol. The number of carbonyl (C=O) groups is 1. The van der Waals surface area contributed by atoms with Crippen LogP contribution in [0.25, 0.3) is 0 Å². The second-order valence-corrected chi connectivity index (χ2v) is 6.52. The number of rotatable bonds is 6. The van der Waals surface area contributed by atoms with E-state index in [4.69, 9.17) is 0 Å². The van der Waals surface area contributed by atoms with Gasteiger partial charge < -0.3 is 5.43 Å². The van der Waals surface area contributed by atoms with Crippen LogP contribution in [0, 0.1) is 0 Å². The highest BCUT2D eigenvalue weighted by Crippen LogP contribution is 2.25. The highest BCUT2D eigenvalue weighted by Gasteiger charge is 2.32. The van der Waals surface area contributed by atoms with Crippen molar-refractivity contribution in [2.24, 2.45) is 0 Å². The normalized spacial score (nSPS) is 19.0. The molecule has 0 saturated heterocycles. The van der Waals surface area contributed by atoms with E-state index >= 15 is 0 Å². The Bertz CT molecular complexity index is 536. The maximum atomic E-state index is 12.0. The average molecular weight is 351 g/mol. The van der Waals surface area contributed by atoms with Crippen molar-refractivity contribution in [1.29, 1.82) is 0 Å². The second-order valence-electron chi connectivity index (χ2n) is 5.60. The lowest BCUT2D eigenvalue weighted by molar-refractivity contribution is -0.114. The summed E-state index contributed by atoms with van der Waals surface area (Å²) in [5.74, 6) is 0.168. The third-order valence-corrected chi connectivity index (χ3v) is 4.43. The van der Waals surface area contributed by atoms with Crippen LogP contribution in [0.3, 0.4) is 0 Å². The maximum Gasteiger partial charge on any atom is 0.159 e. The number of allylic oxidation sites excluding steroid dienone is 1. The van der Waals surface area contributed by atoms with E-state index in [1.165, 1.54) is 5.56 Å². The molecule has 0 amide bonds. The molecule has 3 nitrogen and oxygen atoms in total. The standard InChI is InChI=1S/C17H23BrN2O/c1-4-5-10-20-16(17(13(3)21)12(2)19-20)11-14-6-8-15(18)9-7-14/h6-9,16,19H,4-5,10-11H2,1-3H3. The van der Waals surface area contributed by atoms with Crippen molar-refractivity contribution in [2.45, 2.75) is 46.1 Å². The quantitative estimate of drug-likeness (QED) is 0.845. The summed E-state index contributed by atoms with van der Waals surface area (Å²) in [5.41, 5.74) is 6.56. The Balaban J connectivity index is 2.20. The van der Waals surface area contributed by atoms with Gasteiger partial charge in [0.2, 0.25) is 0 Å². The molecule has 1 unspecified atom stereocenters. The van der Waals surface area contributed by atoms with Crippen LogP contribution in [-0.2, 0) is 11.2 Å². The zero-order chi connectivity index (χ0) is 15.4. The lowest BCUT2D eigenvalue weighted by atomic mass is 9.96. The zero-order valence-electron chi connectivity index (χ0n) is 12.9. The zero-order valence-corrected chi connectivity index (χ0v) is 14.5. The van der Waals surface area contributed by atoms with E-state index in [0.717, 1.165) is 41.6 Å². The minimum absolute atomic E-state index is 0.134. The van der Waals surface area contributed by atoms with Gasteiger partial charge in [0.25, 0.3) is 0 Å². The molecule has 0 spiro atoms. The largest absolute Gasteiger partial charge is 0.322 e. The second kappa shape index (κ2) is 7.23. The number of carbonyl (C=O) groups excluding carboxylic acids is 1. The van der Waals surface area contributed by atoms with Gasteiger partial charge in [0.05, 0.1) is 6.04 Å². The Morgan fingerprint density at radius 1 is 1.33 bits per heavy atom. The lowest BCUT2D eigenvalue weighted by Gasteiger charge is -2.26. The van der Waals surface area contributed by atoms with Gasteiger partial charge >= 0.3 is 0 Å². The fourth-order valence-electron chi connectivity index (χ4n) is 2.85. The summed E-state index contributed by atoms with van der Waals surface area (Å²) in [6, 6.07) is 8.48. The van der Waals surface area contributed by atoms with Crippen LogP contribution >= 0.6 is 15.9 Å². The molecule has 1 aliphatic heterocycles. The van der Waals surface area contributed by atoms with E-state index in [1.54, 1.807) is 6.92 Å². The number of unbranched alkanes of at least 4 members (excludes halogenated alkanes) is 1. The Hall–Kier alpha value is -1.13. The molecular formula is C17H23BrN2O. The highest BCUT2D eigenvalue weighted by molar-refractivity contribution is 9.10. The first-order valence-corrected chi connectivity index (χ1v) is 8.31. The summed E-state index contributed by atoms with van der Waals surface area (Å²) in [6.07, 6.45) is 3.14. The molecule has 0 fully saturated rings. The van der Waals surface area contributed by atoms with Crippen LogP contribution < -0.4 is 5.43 Å². The number of hydrogen-bond donors (Lipinski definition) is 1. The van der Waals surface area contributed by atoms with Crippen molar-refractivity contribution in [3.8, 4) is 0 Å². The van der Waals surface area contributed by atoms with Crippen LogP contribution in [0.1, 0.15) is 39.2 Å². The minimum atomic E-state index is 0.134. The number of benzene rings is 1. The van der Waals surface area contributed by atoms with Gasteiger partial charge in [-0.2, -0.15) is 0 Å². The van der Waals surface area contributed by atoms with Crippen LogP contribution in [0.4, 0.5) is 0 Å². The highest BCUT2D eigenvalue weighted by atomic mass is 79.9. The topological polar surface area (TPSA) is 32.3 Å². The molecule has 1 atom stereocenters. The Morgan fingerprint density at radius 3 is 2.57 bits per heavy atom. The molecule has 4 heteroatoms. The predicted octanol–water partition coefficient (Wildman–Crippen LogP) is 3.84. The van der Waals surface area contributed by atoms with Crippen LogP contribution in [-0.4, -0.2) is 23.4 Å². The van der Waals surface area contributed by atoms with E-state index in [1.807, 2.05) is 6.92 Å². The van der Waals surface area contributed by atoms with Crippen molar-refractivity contribution in [2.75, 3.05) is 6.54 Å². The van der Waals surface area contributed by atoms with E-state index in [9.17, 15) is 4.79 Å². The number of nitrogens with one attached hydrogen (secondary N) is 1. The number of hydrazine groups is 1. The molecule has 0 aromatic heterocycles. The first-order chi connectivity index (χ1) is 10.0. The molecule has 0 aliphatic carbocycles. The predicted molar refractivity (Wildman–Crippen MR) is 89.8 cm³/mol. The molecule has 1 aliphatic rings. The summed E-state index contributed by atoms with van der Waals surface area (Å²) >= 11 is 3.46. The Labute approximate surface area is 135 Å². The Kier molecular flexibility index (Phi) is 5.59. The number of halogens is 1. The summed E-state index contributed by atoms with van der Waals surface area (Å²) in [6.45, 7) is 6.81. The maximum absolute atomic E-state index is 12.0. The minimum Gasteiger partial charge on any atom is -0.322 e.